The Bertz CT molecular complexity index is 551. The highest BCUT2D eigenvalue weighted by Gasteiger charge is 2.15. The predicted octanol–water partition coefficient (Wildman–Crippen LogP) is 2.86. The topological polar surface area (TPSA) is 32.9 Å². The Balaban J connectivity index is 2.31. The van der Waals surface area contributed by atoms with E-state index in [-0.39, 0.29) is 5.78 Å². The van der Waals surface area contributed by atoms with Gasteiger partial charge in [-0.1, -0.05) is 0 Å². The molecule has 1 aromatic carbocycles. The fraction of sp³-hybridized carbons (Fsp3) is 0.308. The molecule has 2 heteroatoms. The molecule has 0 bridgehead atoms. The molecule has 0 atom stereocenters. The fourth-order valence-electron chi connectivity index (χ4n) is 2.49. The second-order valence-electron chi connectivity index (χ2n) is 4.28. The van der Waals surface area contributed by atoms with Crippen molar-refractivity contribution in [2.75, 3.05) is 0 Å². The fourth-order valence-corrected chi connectivity index (χ4v) is 2.49. The van der Waals surface area contributed by atoms with Crippen molar-refractivity contribution in [1.82, 2.24) is 4.98 Å². The maximum atomic E-state index is 11.4. The summed E-state index contributed by atoms with van der Waals surface area (Å²) in [4.78, 5) is 14.6. The van der Waals surface area contributed by atoms with Gasteiger partial charge in [-0.2, -0.15) is 0 Å². The molecule has 0 aliphatic heterocycles. The second-order valence-corrected chi connectivity index (χ2v) is 4.28. The monoisotopic (exact) mass is 199 g/mol. The number of Topliss-reactive ketones (excluding diaryl/α,β-unsaturated/α-hetero) is 1. The van der Waals surface area contributed by atoms with Gasteiger partial charge in [0.05, 0.1) is 0 Å². The van der Waals surface area contributed by atoms with Crippen LogP contribution in [0.3, 0.4) is 0 Å². The molecule has 2 nitrogen and oxygen atoms in total. The van der Waals surface area contributed by atoms with E-state index in [1.54, 1.807) is 6.92 Å². The van der Waals surface area contributed by atoms with Crippen LogP contribution in [0.25, 0.3) is 10.9 Å². The van der Waals surface area contributed by atoms with Crippen LogP contribution in [0.1, 0.15) is 34.8 Å². The summed E-state index contributed by atoms with van der Waals surface area (Å²) in [5.41, 5.74) is 4.78. The van der Waals surface area contributed by atoms with E-state index < -0.39 is 0 Å². The van der Waals surface area contributed by atoms with Crippen LogP contribution < -0.4 is 0 Å². The lowest BCUT2D eigenvalue weighted by Crippen LogP contribution is -1.90. The molecule has 0 saturated heterocycles. The van der Waals surface area contributed by atoms with Gasteiger partial charge >= 0.3 is 0 Å². The van der Waals surface area contributed by atoms with Crippen LogP contribution in [-0.2, 0) is 12.8 Å². The first kappa shape index (κ1) is 8.72. The van der Waals surface area contributed by atoms with Gasteiger partial charge in [0.25, 0.3) is 0 Å². The number of aromatic amines is 1. The minimum absolute atomic E-state index is 0.138. The van der Waals surface area contributed by atoms with Crippen LogP contribution in [0, 0.1) is 0 Å². The standard InChI is InChI=1S/C13H13NO/c1-8(15)12-7-14-13-6-10-4-2-3-9(10)5-11(12)13/h5-7,14H,2-4H2,1H3. The SMILES string of the molecule is CC(=O)c1c[nH]c2cc3c(cc12)CCC3. The first-order valence-corrected chi connectivity index (χ1v) is 5.39. The molecule has 2 aromatic rings. The smallest absolute Gasteiger partial charge is 0.161 e. The Morgan fingerprint density at radius 1 is 1.27 bits per heavy atom. The number of H-pyrrole nitrogens is 1. The molecule has 0 amide bonds. The van der Waals surface area contributed by atoms with Gasteiger partial charge in [0.2, 0.25) is 0 Å². The number of nitrogens with one attached hydrogen (secondary N) is 1. The molecule has 1 aliphatic carbocycles. The summed E-state index contributed by atoms with van der Waals surface area (Å²) in [7, 11) is 0. The molecule has 76 valence electrons. The summed E-state index contributed by atoms with van der Waals surface area (Å²) in [6.07, 6.45) is 5.41. The van der Waals surface area contributed by atoms with Crippen molar-refractivity contribution in [2.24, 2.45) is 0 Å². The largest absolute Gasteiger partial charge is 0.360 e. The molecule has 15 heavy (non-hydrogen) atoms. The summed E-state index contributed by atoms with van der Waals surface area (Å²) in [5, 5.41) is 1.09. The van der Waals surface area contributed by atoms with Gasteiger partial charge in [-0.05, 0) is 49.4 Å². The Labute approximate surface area is 88.3 Å². The first-order valence-electron chi connectivity index (χ1n) is 5.39. The number of hydrogen-bond donors (Lipinski definition) is 1. The summed E-state index contributed by atoms with van der Waals surface area (Å²) in [6, 6.07) is 4.38. The first-order chi connectivity index (χ1) is 7.25. The van der Waals surface area contributed by atoms with E-state index >= 15 is 0 Å². The summed E-state index contributed by atoms with van der Waals surface area (Å²) in [6.45, 7) is 1.62. The number of ketones is 1. The van der Waals surface area contributed by atoms with Crippen LogP contribution in [0.4, 0.5) is 0 Å². The Morgan fingerprint density at radius 2 is 2.00 bits per heavy atom. The van der Waals surface area contributed by atoms with Crippen LogP contribution in [-0.4, -0.2) is 10.8 Å². The maximum Gasteiger partial charge on any atom is 0.161 e. The number of carbonyl (C=O) groups is 1. The normalized spacial score (nSPS) is 14.5. The predicted molar refractivity (Wildman–Crippen MR) is 60.3 cm³/mol. The van der Waals surface area contributed by atoms with Gasteiger partial charge in [0.1, 0.15) is 0 Å². The second kappa shape index (κ2) is 2.96. The van der Waals surface area contributed by atoms with Crippen molar-refractivity contribution in [3.8, 4) is 0 Å². The lowest BCUT2D eigenvalue weighted by Gasteiger charge is -2.00. The molecule has 1 aliphatic rings. The van der Waals surface area contributed by atoms with Gasteiger partial charge in [-0.25, -0.2) is 0 Å². The van der Waals surface area contributed by atoms with E-state index in [0.29, 0.717) is 0 Å². The Hall–Kier alpha value is -1.57. The number of carbonyl (C=O) groups excluding carboxylic acids is 1. The van der Waals surface area contributed by atoms with E-state index in [2.05, 4.69) is 17.1 Å². The Kier molecular flexibility index (Phi) is 1.72. The Morgan fingerprint density at radius 3 is 2.73 bits per heavy atom. The minimum atomic E-state index is 0.138. The number of aryl methyl sites for hydroxylation is 2. The third-order valence-corrected chi connectivity index (χ3v) is 3.27. The minimum Gasteiger partial charge on any atom is -0.360 e. The number of benzene rings is 1. The van der Waals surface area contributed by atoms with Gasteiger partial charge < -0.3 is 4.98 Å². The van der Waals surface area contributed by atoms with Crippen LogP contribution >= 0.6 is 0 Å². The van der Waals surface area contributed by atoms with Crippen molar-refractivity contribution in [1.29, 1.82) is 0 Å². The number of fused-ring (bicyclic) bond motifs is 2. The van der Waals surface area contributed by atoms with E-state index in [9.17, 15) is 4.79 Å². The van der Waals surface area contributed by atoms with E-state index in [1.165, 1.54) is 24.0 Å². The van der Waals surface area contributed by atoms with Gasteiger partial charge in [0.15, 0.2) is 5.78 Å². The highest BCUT2D eigenvalue weighted by atomic mass is 16.1. The molecule has 1 N–H and O–H groups in total. The van der Waals surface area contributed by atoms with Gasteiger partial charge in [-0.3, -0.25) is 4.79 Å². The van der Waals surface area contributed by atoms with Crippen LogP contribution in [0.5, 0.6) is 0 Å². The van der Waals surface area contributed by atoms with Crippen LogP contribution in [0.15, 0.2) is 18.3 Å². The van der Waals surface area contributed by atoms with E-state index in [0.717, 1.165) is 22.9 Å². The zero-order valence-electron chi connectivity index (χ0n) is 8.76. The third-order valence-electron chi connectivity index (χ3n) is 3.27. The lowest BCUT2D eigenvalue weighted by atomic mass is 10.0. The lowest BCUT2D eigenvalue weighted by molar-refractivity contribution is 0.101. The molecular weight excluding hydrogens is 186 g/mol. The quantitative estimate of drug-likeness (QED) is 0.704. The van der Waals surface area contributed by atoms with Crippen molar-refractivity contribution in [3.63, 3.8) is 0 Å². The summed E-state index contributed by atoms with van der Waals surface area (Å²) in [5.74, 6) is 0.138. The molecule has 0 fully saturated rings. The number of aromatic nitrogens is 1. The number of rotatable bonds is 1. The highest BCUT2D eigenvalue weighted by Crippen LogP contribution is 2.28. The maximum absolute atomic E-state index is 11.4. The molecule has 3 rings (SSSR count). The van der Waals surface area contributed by atoms with Gasteiger partial charge in [-0.15, -0.1) is 0 Å². The molecule has 1 heterocycles. The highest BCUT2D eigenvalue weighted by molar-refractivity contribution is 6.07. The summed E-state index contributed by atoms with van der Waals surface area (Å²) >= 11 is 0. The third kappa shape index (κ3) is 1.21. The molecule has 0 saturated carbocycles. The molecule has 1 aromatic heterocycles. The summed E-state index contributed by atoms with van der Waals surface area (Å²) < 4.78 is 0. The van der Waals surface area contributed by atoms with Crippen molar-refractivity contribution < 1.29 is 4.79 Å². The van der Waals surface area contributed by atoms with Crippen LogP contribution in [0.2, 0.25) is 0 Å². The van der Waals surface area contributed by atoms with E-state index in [1.807, 2.05) is 6.20 Å². The molecule has 0 spiro atoms. The van der Waals surface area contributed by atoms with Gasteiger partial charge in [0, 0.05) is 22.7 Å². The van der Waals surface area contributed by atoms with Crippen molar-refractivity contribution in [2.45, 2.75) is 26.2 Å². The van der Waals surface area contributed by atoms with Crippen molar-refractivity contribution >= 4 is 16.7 Å². The zero-order chi connectivity index (χ0) is 10.4. The average Bonchev–Trinajstić information content (AvgIpc) is 2.77. The molecule has 0 unspecified atom stereocenters. The van der Waals surface area contributed by atoms with Crippen molar-refractivity contribution in [3.05, 3.63) is 35.0 Å². The zero-order valence-corrected chi connectivity index (χ0v) is 8.76. The van der Waals surface area contributed by atoms with E-state index in [4.69, 9.17) is 0 Å². The molecular formula is C13H13NO. The molecule has 0 radical (unpaired) electrons. The average molecular weight is 199 g/mol. The number of hydrogen-bond acceptors (Lipinski definition) is 1.